The van der Waals surface area contributed by atoms with Crippen molar-refractivity contribution in [1.29, 1.82) is 0 Å². The second kappa shape index (κ2) is 4.45. The summed E-state index contributed by atoms with van der Waals surface area (Å²) in [4.78, 5) is 11.3. The van der Waals surface area contributed by atoms with Gasteiger partial charge >= 0.3 is 0 Å². The fraction of sp³-hybridized carbons (Fsp3) is 0.727. The zero-order chi connectivity index (χ0) is 9.84. The lowest BCUT2D eigenvalue weighted by Gasteiger charge is -2.23. The monoisotopic (exact) mass is 182 g/mol. The Bertz CT molecular complexity index is 218. The van der Waals surface area contributed by atoms with E-state index in [1.165, 1.54) is 19.3 Å². The van der Waals surface area contributed by atoms with Gasteiger partial charge in [0.2, 0.25) is 0 Å². The fourth-order valence-corrected chi connectivity index (χ4v) is 2.23. The SMILES string of the molecule is CC(=O)C(=C(C)O)C1CCCCC1. The highest BCUT2D eigenvalue weighted by Gasteiger charge is 2.22. The number of carbonyl (C=O) groups is 1. The maximum atomic E-state index is 11.3. The Kier molecular flexibility index (Phi) is 3.52. The summed E-state index contributed by atoms with van der Waals surface area (Å²) in [7, 11) is 0. The molecule has 2 heteroatoms. The molecular formula is C11H18O2. The molecule has 1 saturated carbocycles. The van der Waals surface area contributed by atoms with Gasteiger partial charge in [0.25, 0.3) is 0 Å². The van der Waals surface area contributed by atoms with E-state index in [2.05, 4.69) is 0 Å². The number of hydrogen-bond donors (Lipinski definition) is 1. The number of Topliss-reactive ketones (excluding diaryl/α,β-unsaturated/α-hetero) is 1. The van der Waals surface area contributed by atoms with Crippen molar-refractivity contribution in [2.75, 3.05) is 0 Å². The van der Waals surface area contributed by atoms with Gasteiger partial charge in [-0.3, -0.25) is 4.79 Å². The van der Waals surface area contributed by atoms with E-state index in [1.54, 1.807) is 13.8 Å². The predicted molar refractivity (Wildman–Crippen MR) is 52.6 cm³/mol. The Labute approximate surface area is 79.6 Å². The van der Waals surface area contributed by atoms with Gasteiger partial charge < -0.3 is 5.11 Å². The molecule has 0 spiro atoms. The van der Waals surface area contributed by atoms with E-state index in [-0.39, 0.29) is 11.5 Å². The summed E-state index contributed by atoms with van der Waals surface area (Å²) < 4.78 is 0. The summed E-state index contributed by atoms with van der Waals surface area (Å²) in [5, 5.41) is 9.39. The molecule has 0 radical (unpaired) electrons. The first-order valence-corrected chi connectivity index (χ1v) is 5.03. The zero-order valence-electron chi connectivity index (χ0n) is 8.47. The van der Waals surface area contributed by atoms with Crippen molar-refractivity contribution in [2.24, 2.45) is 5.92 Å². The second-order valence-corrected chi connectivity index (χ2v) is 3.89. The van der Waals surface area contributed by atoms with Crippen LogP contribution in [0.15, 0.2) is 11.3 Å². The van der Waals surface area contributed by atoms with Crippen molar-refractivity contribution < 1.29 is 9.90 Å². The molecule has 0 saturated heterocycles. The molecule has 0 atom stereocenters. The number of aliphatic hydroxyl groups is 1. The molecule has 0 heterocycles. The smallest absolute Gasteiger partial charge is 0.159 e. The molecular weight excluding hydrogens is 164 g/mol. The fourth-order valence-electron chi connectivity index (χ4n) is 2.23. The van der Waals surface area contributed by atoms with Crippen LogP contribution in [0.4, 0.5) is 0 Å². The molecule has 13 heavy (non-hydrogen) atoms. The minimum atomic E-state index is 0.0342. The van der Waals surface area contributed by atoms with Crippen LogP contribution in [0.1, 0.15) is 46.0 Å². The van der Waals surface area contributed by atoms with Crippen LogP contribution in [0.25, 0.3) is 0 Å². The van der Waals surface area contributed by atoms with E-state index < -0.39 is 0 Å². The minimum absolute atomic E-state index is 0.0342. The van der Waals surface area contributed by atoms with E-state index in [0.29, 0.717) is 11.5 Å². The third-order valence-electron chi connectivity index (χ3n) is 2.78. The molecule has 0 aliphatic heterocycles. The van der Waals surface area contributed by atoms with E-state index in [1.807, 2.05) is 0 Å². The van der Waals surface area contributed by atoms with Gasteiger partial charge in [-0.15, -0.1) is 0 Å². The van der Waals surface area contributed by atoms with Crippen molar-refractivity contribution in [2.45, 2.75) is 46.0 Å². The highest BCUT2D eigenvalue weighted by Crippen LogP contribution is 2.31. The van der Waals surface area contributed by atoms with Gasteiger partial charge in [-0.05, 0) is 32.6 Å². The Hall–Kier alpha value is -0.790. The molecule has 0 aromatic rings. The second-order valence-electron chi connectivity index (χ2n) is 3.89. The highest BCUT2D eigenvalue weighted by molar-refractivity contribution is 5.94. The molecule has 0 unspecified atom stereocenters. The highest BCUT2D eigenvalue weighted by atomic mass is 16.3. The van der Waals surface area contributed by atoms with E-state index in [4.69, 9.17) is 0 Å². The summed E-state index contributed by atoms with van der Waals surface area (Å²) in [5.41, 5.74) is 0.666. The normalized spacial score (nSPS) is 21.1. The van der Waals surface area contributed by atoms with E-state index in [9.17, 15) is 9.90 Å². The number of ketones is 1. The summed E-state index contributed by atoms with van der Waals surface area (Å²) in [6, 6.07) is 0. The lowest BCUT2D eigenvalue weighted by Crippen LogP contribution is -2.16. The molecule has 0 aromatic heterocycles. The molecule has 1 aliphatic rings. The number of aliphatic hydroxyl groups excluding tert-OH is 1. The Morgan fingerprint density at radius 1 is 1.15 bits per heavy atom. The van der Waals surface area contributed by atoms with Gasteiger partial charge in [-0.2, -0.15) is 0 Å². The third kappa shape index (κ3) is 2.58. The first-order valence-electron chi connectivity index (χ1n) is 5.03. The predicted octanol–water partition coefficient (Wildman–Crippen LogP) is 2.99. The molecule has 1 aliphatic carbocycles. The van der Waals surface area contributed by atoms with Gasteiger partial charge in [0.05, 0.1) is 5.76 Å². The van der Waals surface area contributed by atoms with Crippen LogP contribution in [0, 0.1) is 5.92 Å². The third-order valence-corrected chi connectivity index (χ3v) is 2.78. The lowest BCUT2D eigenvalue weighted by molar-refractivity contribution is -0.114. The number of hydrogen-bond acceptors (Lipinski definition) is 2. The lowest BCUT2D eigenvalue weighted by atomic mass is 9.82. The van der Waals surface area contributed by atoms with Crippen LogP contribution >= 0.6 is 0 Å². The van der Waals surface area contributed by atoms with Gasteiger partial charge in [-0.25, -0.2) is 0 Å². The van der Waals surface area contributed by atoms with Crippen molar-refractivity contribution in [1.82, 2.24) is 0 Å². The van der Waals surface area contributed by atoms with E-state index in [0.717, 1.165) is 12.8 Å². The molecule has 0 bridgehead atoms. The van der Waals surface area contributed by atoms with Gasteiger partial charge in [0, 0.05) is 5.57 Å². The van der Waals surface area contributed by atoms with Crippen LogP contribution < -0.4 is 0 Å². The largest absolute Gasteiger partial charge is 0.512 e. The average molecular weight is 182 g/mol. The summed E-state index contributed by atoms with van der Waals surface area (Å²) in [6.07, 6.45) is 5.77. The van der Waals surface area contributed by atoms with Gasteiger partial charge in [-0.1, -0.05) is 19.3 Å². The minimum Gasteiger partial charge on any atom is -0.512 e. The average Bonchev–Trinajstić information content (AvgIpc) is 2.04. The number of rotatable bonds is 2. The Balaban J connectivity index is 2.75. The summed E-state index contributed by atoms with van der Waals surface area (Å²) in [6.45, 7) is 3.16. The van der Waals surface area contributed by atoms with Crippen molar-refractivity contribution >= 4 is 5.78 Å². The quantitative estimate of drug-likeness (QED) is 0.526. The van der Waals surface area contributed by atoms with Crippen molar-refractivity contribution in [3.8, 4) is 0 Å². The van der Waals surface area contributed by atoms with Gasteiger partial charge in [0.15, 0.2) is 5.78 Å². The molecule has 2 nitrogen and oxygen atoms in total. The molecule has 0 amide bonds. The van der Waals surface area contributed by atoms with Crippen LogP contribution in [-0.4, -0.2) is 10.9 Å². The summed E-state index contributed by atoms with van der Waals surface area (Å²) >= 11 is 0. The standard InChI is InChI=1S/C11H18O2/c1-8(12)11(9(2)13)10-6-4-3-5-7-10/h10,12H,3-7H2,1-2H3. The molecule has 1 N–H and O–H groups in total. The van der Waals surface area contributed by atoms with E-state index >= 15 is 0 Å². The first-order chi connectivity index (χ1) is 6.13. The first kappa shape index (κ1) is 10.3. The molecule has 1 rings (SSSR count). The van der Waals surface area contributed by atoms with Crippen LogP contribution in [0.5, 0.6) is 0 Å². The Morgan fingerprint density at radius 2 is 1.69 bits per heavy atom. The zero-order valence-corrected chi connectivity index (χ0v) is 8.47. The number of carbonyl (C=O) groups excluding carboxylic acids is 1. The Morgan fingerprint density at radius 3 is 2.08 bits per heavy atom. The van der Waals surface area contributed by atoms with Crippen LogP contribution in [0.3, 0.4) is 0 Å². The number of allylic oxidation sites excluding steroid dienone is 2. The molecule has 1 fully saturated rings. The molecule has 0 aromatic carbocycles. The molecule has 74 valence electrons. The van der Waals surface area contributed by atoms with Crippen molar-refractivity contribution in [3.05, 3.63) is 11.3 Å². The topological polar surface area (TPSA) is 37.3 Å². The maximum absolute atomic E-state index is 11.3. The maximum Gasteiger partial charge on any atom is 0.159 e. The summed E-state index contributed by atoms with van der Waals surface area (Å²) in [5.74, 6) is 0.572. The van der Waals surface area contributed by atoms with Gasteiger partial charge in [0.1, 0.15) is 0 Å². The van der Waals surface area contributed by atoms with Crippen LogP contribution in [-0.2, 0) is 4.79 Å². The van der Waals surface area contributed by atoms with Crippen LogP contribution in [0.2, 0.25) is 0 Å². The van der Waals surface area contributed by atoms with Crippen molar-refractivity contribution in [3.63, 3.8) is 0 Å².